The molecule has 12 nitrogen and oxygen atoms in total. The molecule has 0 radical (unpaired) electrons. The molecule has 5 aromatic rings. The Morgan fingerprint density at radius 1 is 0.898 bits per heavy atom. The number of carboxylic acids is 2. The van der Waals surface area contributed by atoms with Crippen molar-refractivity contribution in [3.63, 3.8) is 0 Å². The number of alkyl halides is 3. The van der Waals surface area contributed by atoms with E-state index in [9.17, 15) is 37.8 Å². The first kappa shape index (κ1) is 35.7. The van der Waals surface area contributed by atoms with Gasteiger partial charge in [-0.05, 0) is 93.6 Å². The van der Waals surface area contributed by atoms with Crippen LogP contribution < -0.4 is 20.8 Å². The molecule has 0 saturated carbocycles. The van der Waals surface area contributed by atoms with Gasteiger partial charge in [0.1, 0.15) is 0 Å². The highest BCUT2D eigenvalue weighted by Gasteiger charge is 2.31. The van der Waals surface area contributed by atoms with Gasteiger partial charge in [0, 0.05) is 64.9 Å². The summed E-state index contributed by atoms with van der Waals surface area (Å²) in [5.74, 6) is -2.54. The molecule has 1 amide bonds. The minimum Gasteiger partial charge on any atom is -0.550 e. The number of carbonyl (C=O) groups excluding carboxylic acids is 3. The second-order valence-corrected chi connectivity index (χ2v) is 10.8. The fourth-order valence-corrected chi connectivity index (χ4v) is 4.41. The Balaban J connectivity index is 0.000000471. The minimum atomic E-state index is -4.60. The summed E-state index contributed by atoms with van der Waals surface area (Å²) in [5.41, 5.74) is 3.09. The first-order chi connectivity index (χ1) is 23.3. The number of aliphatic carboxylic acids is 2. The third-order valence-corrected chi connectivity index (χ3v) is 6.88. The van der Waals surface area contributed by atoms with Crippen LogP contribution in [0.5, 0.6) is 0 Å². The van der Waals surface area contributed by atoms with Gasteiger partial charge in [-0.1, -0.05) is 6.07 Å². The summed E-state index contributed by atoms with van der Waals surface area (Å²) in [5, 5.41) is 25.3. The fraction of sp³-hybridized carbons (Fsp3) is 0.206. The summed E-state index contributed by atoms with van der Waals surface area (Å²) >= 11 is 0. The van der Waals surface area contributed by atoms with E-state index in [0.29, 0.717) is 35.9 Å². The van der Waals surface area contributed by atoms with Crippen LogP contribution in [-0.2, 0) is 15.8 Å². The number of rotatable bonds is 11. The molecule has 2 N–H and O–H groups in total. The standard InChI is InChI=1S/C28H22F3N7O.C6H10O4/c1-17-5-6-19(10-25(17)37-27-33-9-7-24(36-27)20-4-3-8-32-14-20)26(39)35-22-11-21(28(29,30)31)12-23(13-22)38-15-18(2)34-16-38;7-5(8)3-1-2-4-6(9)10/h3-16H,1-2H3,(H,35,39)(H,33,36,37);1-4H2,(H,7,8)(H,9,10)/p-2. The summed E-state index contributed by atoms with van der Waals surface area (Å²) < 4.78 is 42.3. The van der Waals surface area contributed by atoms with Gasteiger partial charge in [0.2, 0.25) is 5.95 Å². The monoisotopic (exact) mass is 673 g/mol. The number of benzene rings is 2. The van der Waals surface area contributed by atoms with Crippen LogP contribution in [0.3, 0.4) is 0 Å². The van der Waals surface area contributed by atoms with Crippen molar-refractivity contribution in [1.82, 2.24) is 24.5 Å². The topological polar surface area (TPSA) is 178 Å². The molecule has 2 aromatic carbocycles. The number of imidazole rings is 1. The molecule has 0 aliphatic carbocycles. The number of nitrogens with one attached hydrogen (secondary N) is 2. The van der Waals surface area contributed by atoms with E-state index in [4.69, 9.17) is 0 Å². The molecule has 0 saturated heterocycles. The summed E-state index contributed by atoms with van der Waals surface area (Å²) in [4.78, 5) is 49.6. The Morgan fingerprint density at radius 2 is 1.63 bits per heavy atom. The zero-order valence-electron chi connectivity index (χ0n) is 26.3. The van der Waals surface area contributed by atoms with Gasteiger partial charge in [-0.3, -0.25) is 9.78 Å². The lowest BCUT2D eigenvalue weighted by atomic mass is 10.1. The van der Waals surface area contributed by atoms with Gasteiger partial charge >= 0.3 is 6.18 Å². The molecule has 0 spiro atoms. The maximum absolute atomic E-state index is 13.6. The Morgan fingerprint density at radius 3 is 2.24 bits per heavy atom. The lowest BCUT2D eigenvalue weighted by Gasteiger charge is -2.14. The average molecular weight is 674 g/mol. The van der Waals surface area contributed by atoms with E-state index in [0.717, 1.165) is 23.3 Å². The number of amides is 1. The highest BCUT2D eigenvalue weighted by Crippen LogP contribution is 2.33. The highest BCUT2D eigenvalue weighted by atomic mass is 19.4. The van der Waals surface area contributed by atoms with Gasteiger partial charge < -0.3 is 35.0 Å². The smallest absolute Gasteiger partial charge is 0.416 e. The molecule has 254 valence electrons. The predicted octanol–water partition coefficient (Wildman–Crippen LogP) is 4.40. The molecular weight excluding hydrogens is 643 g/mol. The number of halogens is 3. The van der Waals surface area contributed by atoms with Crippen LogP contribution in [0.4, 0.5) is 30.5 Å². The molecule has 49 heavy (non-hydrogen) atoms. The lowest BCUT2D eigenvalue weighted by molar-refractivity contribution is -0.308. The summed E-state index contributed by atoms with van der Waals surface area (Å²) in [6, 6.07) is 13.7. The van der Waals surface area contributed by atoms with Gasteiger partial charge in [0.25, 0.3) is 5.91 Å². The van der Waals surface area contributed by atoms with Crippen LogP contribution >= 0.6 is 0 Å². The number of carboxylic acid groups (broad SMARTS) is 2. The van der Waals surface area contributed by atoms with Crippen molar-refractivity contribution < 1.29 is 37.8 Å². The molecule has 15 heteroatoms. The molecule has 3 aromatic heterocycles. The van der Waals surface area contributed by atoms with Crippen LogP contribution in [0.25, 0.3) is 16.9 Å². The van der Waals surface area contributed by atoms with Crippen LogP contribution in [-0.4, -0.2) is 42.3 Å². The van der Waals surface area contributed by atoms with Crippen LogP contribution in [0.15, 0.2) is 85.7 Å². The van der Waals surface area contributed by atoms with Crippen LogP contribution in [0, 0.1) is 13.8 Å². The highest BCUT2D eigenvalue weighted by molar-refractivity contribution is 6.05. The number of aromatic nitrogens is 5. The lowest BCUT2D eigenvalue weighted by Crippen LogP contribution is -2.23. The van der Waals surface area contributed by atoms with Gasteiger partial charge in [0.05, 0.1) is 23.3 Å². The van der Waals surface area contributed by atoms with Crippen molar-refractivity contribution in [2.45, 2.75) is 45.7 Å². The number of hydrogen-bond acceptors (Lipinski definition) is 10. The first-order valence-electron chi connectivity index (χ1n) is 14.8. The Kier molecular flexibility index (Phi) is 11.8. The van der Waals surface area contributed by atoms with Crippen molar-refractivity contribution in [2.75, 3.05) is 10.6 Å². The molecule has 3 heterocycles. The van der Waals surface area contributed by atoms with Crippen LogP contribution in [0.2, 0.25) is 0 Å². The van der Waals surface area contributed by atoms with Gasteiger partial charge in [-0.15, -0.1) is 0 Å². The second-order valence-electron chi connectivity index (χ2n) is 10.8. The fourth-order valence-electron chi connectivity index (χ4n) is 4.41. The summed E-state index contributed by atoms with van der Waals surface area (Å²) in [7, 11) is 0. The van der Waals surface area contributed by atoms with E-state index in [-0.39, 0.29) is 29.8 Å². The molecule has 0 aliphatic heterocycles. The number of carbonyl (C=O) groups is 3. The molecule has 0 aliphatic rings. The zero-order chi connectivity index (χ0) is 35.6. The molecule has 5 rings (SSSR count). The van der Waals surface area contributed by atoms with Gasteiger partial charge in [-0.25, -0.2) is 15.0 Å². The molecule has 0 unspecified atom stereocenters. The number of pyridine rings is 1. The number of aryl methyl sites for hydroxylation is 2. The van der Waals surface area contributed by atoms with Crippen molar-refractivity contribution in [3.8, 4) is 16.9 Å². The van der Waals surface area contributed by atoms with Gasteiger partial charge in [0.15, 0.2) is 0 Å². The van der Waals surface area contributed by atoms with Crippen molar-refractivity contribution in [2.24, 2.45) is 0 Å². The molecular formula is C34H30F3N7O5-2. The van der Waals surface area contributed by atoms with E-state index in [1.807, 2.05) is 13.0 Å². The Hall–Kier alpha value is -6.12. The maximum Gasteiger partial charge on any atom is 0.416 e. The van der Waals surface area contributed by atoms with Crippen molar-refractivity contribution in [3.05, 3.63) is 108 Å². The quantitative estimate of drug-likeness (QED) is 0.191. The van der Waals surface area contributed by atoms with E-state index >= 15 is 0 Å². The normalized spacial score (nSPS) is 10.9. The van der Waals surface area contributed by atoms with Crippen molar-refractivity contribution in [1.29, 1.82) is 0 Å². The largest absolute Gasteiger partial charge is 0.550 e. The predicted molar refractivity (Wildman–Crippen MR) is 169 cm³/mol. The van der Waals surface area contributed by atoms with E-state index in [1.165, 1.54) is 17.0 Å². The third kappa shape index (κ3) is 10.7. The Bertz CT molecular complexity index is 1920. The molecule has 0 fully saturated rings. The third-order valence-electron chi connectivity index (χ3n) is 6.88. The zero-order valence-corrected chi connectivity index (χ0v) is 26.3. The minimum absolute atomic E-state index is 0.00114. The number of nitrogens with zero attached hydrogens (tertiary/aromatic N) is 5. The number of anilines is 3. The number of hydrogen-bond donors (Lipinski definition) is 2. The van der Waals surface area contributed by atoms with Gasteiger partial charge in [-0.2, -0.15) is 13.2 Å². The Labute approximate surface area is 278 Å². The SMILES string of the molecule is Cc1cn(-c2cc(NC(=O)c3ccc(C)c(Nc4nccc(-c5cccnc5)n4)c3)cc(C(F)(F)F)c2)cn1.O=C([O-])CCCCC(=O)[O-]. The maximum atomic E-state index is 13.6. The average Bonchev–Trinajstić information content (AvgIpc) is 3.50. The van der Waals surface area contributed by atoms with E-state index in [1.54, 1.807) is 62.0 Å². The summed E-state index contributed by atoms with van der Waals surface area (Å²) in [6.07, 6.45) is 3.92. The summed E-state index contributed by atoms with van der Waals surface area (Å²) in [6.45, 7) is 3.58. The number of unbranched alkanes of at least 4 members (excludes halogenated alkanes) is 1. The van der Waals surface area contributed by atoms with E-state index in [2.05, 4.69) is 30.6 Å². The van der Waals surface area contributed by atoms with Crippen LogP contribution in [0.1, 0.15) is 52.9 Å². The van der Waals surface area contributed by atoms with E-state index < -0.39 is 29.6 Å². The van der Waals surface area contributed by atoms with Crippen molar-refractivity contribution >= 4 is 35.2 Å². The molecule has 0 bridgehead atoms. The molecule has 0 atom stereocenters. The first-order valence-corrected chi connectivity index (χ1v) is 14.8. The second kappa shape index (κ2) is 16.1.